The van der Waals surface area contributed by atoms with Gasteiger partial charge in [-0.1, -0.05) is 6.92 Å². The standard InChI is InChI=1S/C10H24N2/c1-7-11-9(2)8-12(6)10(3,4)5/h9,11H,7-8H2,1-6H3. The molecule has 0 aromatic heterocycles. The Hall–Kier alpha value is -0.0800. The summed E-state index contributed by atoms with van der Waals surface area (Å²) in [6, 6.07) is 0.583. The molecule has 0 aromatic rings. The predicted molar refractivity (Wildman–Crippen MR) is 55.5 cm³/mol. The summed E-state index contributed by atoms with van der Waals surface area (Å²) in [5.74, 6) is 0. The lowest BCUT2D eigenvalue weighted by Gasteiger charge is -2.34. The van der Waals surface area contributed by atoms with Gasteiger partial charge in [-0.15, -0.1) is 0 Å². The van der Waals surface area contributed by atoms with Gasteiger partial charge in [-0.3, -0.25) is 4.90 Å². The Balaban J connectivity index is 3.76. The smallest absolute Gasteiger partial charge is 0.0166 e. The highest BCUT2D eigenvalue weighted by molar-refractivity contribution is 4.76. The third-order valence-electron chi connectivity index (χ3n) is 2.25. The molecule has 1 N–H and O–H groups in total. The van der Waals surface area contributed by atoms with E-state index in [-0.39, 0.29) is 5.54 Å². The summed E-state index contributed by atoms with van der Waals surface area (Å²) in [6.07, 6.45) is 0. The molecular formula is C10H24N2. The summed E-state index contributed by atoms with van der Waals surface area (Å²) < 4.78 is 0. The maximum Gasteiger partial charge on any atom is 0.0166 e. The van der Waals surface area contributed by atoms with Gasteiger partial charge in [0.15, 0.2) is 0 Å². The van der Waals surface area contributed by atoms with Crippen molar-refractivity contribution in [3.05, 3.63) is 0 Å². The lowest BCUT2D eigenvalue weighted by Crippen LogP contribution is -2.45. The van der Waals surface area contributed by atoms with Crippen molar-refractivity contribution in [2.45, 2.75) is 46.2 Å². The van der Waals surface area contributed by atoms with E-state index in [0.717, 1.165) is 13.1 Å². The van der Waals surface area contributed by atoms with Gasteiger partial charge in [0, 0.05) is 18.1 Å². The monoisotopic (exact) mass is 172 g/mol. The molecule has 0 spiro atoms. The van der Waals surface area contributed by atoms with Crippen LogP contribution in [0.25, 0.3) is 0 Å². The van der Waals surface area contributed by atoms with Crippen LogP contribution in [-0.4, -0.2) is 36.6 Å². The molecule has 0 aromatic carbocycles. The molecule has 0 aliphatic rings. The molecule has 0 fully saturated rings. The molecule has 0 heterocycles. The predicted octanol–water partition coefficient (Wildman–Crippen LogP) is 1.71. The lowest BCUT2D eigenvalue weighted by molar-refractivity contribution is 0.161. The van der Waals surface area contributed by atoms with Crippen LogP contribution in [-0.2, 0) is 0 Å². The van der Waals surface area contributed by atoms with E-state index in [0.29, 0.717) is 6.04 Å². The molecule has 0 radical (unpaired) electrons. The Labute approximate surface area is 77.3 Å². The number of hydrogen-bond acceptors (Lipinski definition) is 2. The Morgan fingerprint density at radius 1 is 1.33 bits per heavy atom. The second-order valence-electron chi connectivity index (χ2n) is 4.51. The Morgan fingerprint density at radius 3 is 2.17 bits per heavy atom. The van der Waals surface area contributed by atoms with E-state index in [4.69, 9.17) is 0 Å². The van der Waals surface area contributed by atoms with Crippen molar-refractivity contribution in [3.63, 3.8) is 0 Å². The van der Waals surface area contributed by atoms with Gasteiger partial charge in [-0.05, 0) is 41.3 Å². The molecule has 0 aliphatic heterocycles. The van der Waals surface area contributed by atoms with Gasteiger partial charge in [0.1, 0.15) is 0 Å². The van der Waals surface area contributed by atoms with Crippen LogP contribution in [0, 0.1) is 0 Å². The number of hydrogen-bond donors (Lipinski definition) is 1. The van der Waals surface area contributed by atoms with Crippen LogP contribution < -0.4 is 5.32 Å². The van der Waals surface area contributed by atoms with Crippen molar-refractivity contribution >= 4 is 0 Å². The van der Waals surface area contributed by atoms with Crippen molar-refractivity contribution in [1.82, 2.24) is 10.2 Å². The average molecular weight is 172 g/mol. The van der Waals surface area contributed by atoms with E-state index < -0.39 is 0 Å². The van der Waals surface area contributed by atoms with Crippen molar-refractivity contribution in [3.8, 4) is 0 Å². The molecule has 2 nitrogen and oxygen atoms in total. The van der Waals surface area contributed by atoms with Crippen molar-refractivity contribution < 1.29 is 0 Å². The largest absolute Gasteiger partial charge is 0.313 e. The Morgan fingerprint density at radius 2 is 1.83 bits per heavy atom. The SMILES string of the molecule is CCNC(C)CN(C)C(C)(C)C. The minimum atomic E-state index is 0.281. The van der Waals surface area contributed by atoms with E-state index in [1.807, 2.05) is 0 Å². The number of rotatable bonds is 4. The van der Waals surface area contributed by atoms with Crippen molar-refractivity contribution in [2.24, 2.45) is 0 Å². The first-order valence-corrected chi connectivity index (χ1v) is 4.82. The van der Waals surface area contributed by atoms with Gasteiger partial charge in [0.05, 0.1) is 0 Å². The minimum absolute atomic E-state index is 0.281. The Kier molecular flexibility index (Phi) is 4.80. The number of likely N-dealkylation sites (N-methyl/N-ethyl adjacent to an activating group) is 2. The zero-order valence-electron chi connectivity index (χ0n) is 9.44. The molecule has 74 valence electrons. The highest BCUT2D eigenvalue weighted by Crippen LogP contribution is 2.10. The highest BCUT2D eigenvalue weighted by Gasteiger charge is 2.18. The summed E-state index contributed by atoms with van der Waals surface area (Å²) in [6.45, 7) is 13.3. The molecule has 0 aliphatic carbocycles. The molecule has 0 amide bonds. The van der Waals surface area contributed by atoms with Gasteiger partial charge in [-0.2, -0.15) is 0 Å². The van der Waals surface area contributed by atoms with Gasteiger partial charge in [0.25, 0.3) is 0 Å². The molecule has 0 saturated carbocycles. The zero-order chi connectivity index (χ0) is 9.78. The maximum absolute atomic E-state index is 3.41. The summed E-state index contributed by atoms with van der Waals surface area (Å²) in [5, 5.41) is 3.41. The molecule has 2 heteroatoms. The Bertz CT molecular complexity index is 115. The molecule has 0 bridgehead atoms. The van der Waals surface area contributed by atoms with Crippen LogP contribution in [0.4, 0.5) is 0 Å². The van der Waals surface area contributed by atoms with E-state index in [1.54, 1.807) is 0 Å². The topological polar surface area (TPSA) is 15.3 Å². The van der Waals surface area contributed by atoms with Gasteiger partial charge < -0.3 is 5.32 Å². The van der Waals surface area contributed by atoms with Crippen LogP contribution in [0.1, 0.15) is 34.6 Å². The first kappa shape index (κ1) is 11.9. The third-order valence-corrected chi connectivity index (χ3v) is 2.25. The van der Waals surface area contributed by atoms with Crippen molar-refractivity contribution in [1.29, 1.82) is 0 Å². The van der Waals surface area contributed by atoms with Crippen LogP contribution in [0.5, 0.6) is 0 Å². The van der Waals surface area contributed by atoms with E-state index in [2.05, 4.69) is 51.9 Å². The van der Waals surface area contributed by atoms with Gasteiger partial charge in [-0.25, -0.2) is 0 Å². The summed E-state index contributed by atoms with van der Waals surface area (Å²) in [7, 11) is 2.17. The van der Waals surface area contributed by atoms with E-state index in [1.165, 1.54) is 0 Å². The average Bonchev–Trinajstić information content (AvgIpc) is 1.85. The fourth-order valence-electron chi connectivity index (χ4n) is 1.10. The van der Waals surface area contributed by atoms with Crippen LogP contribution >= 0.6 is 0 Å². The normalized spacial score (nSPS) is 15.2. The number of nitrogens with one attached hydrogen (secondary N) is 1. The summed E-state index contributed by atoms with van der Waals surface area (Å²) in [4.78, 5) is 2.38. The fraction of sp³-hybridized carbons (Fsp3) is 1.00. The minimum Gasteiger partial charge on any atom is -0.313 e. The van der Waals surface area contributed by atoms with E-state index >= 15 is 0 Å². The van der Waals surface area contributed by atoms with Gasteiger partial charge >= 0.3 is 0 Å². The van der Waals surface area contributed by atoms with Crippen LogP contribution in [0.15, 0.2) is 0 Å². The summed E-state index contributed by atoms with van der Waals surface area (Å²) >= 11 is 0. The summed E-state index contributed by atoms with van der Waals surface area (Å²) in [5.41, 5.74) is 0.281. The molecule has 0 rings (SSSR count). The first-order chi connectivity index (χ1) is 5.38. The quantitative estimate of drug-likeness (QED) is 0.694. The number of nitrogens with zero attached hydrogens (tertiary/aromatic N) is 1. The molecular weight excluding hydrogens is 148 g/mol. The second-order valence-corrected chi connectivity index (χ2v) is 4.51. The van der Waals surface area contributed by atoms with Crippen LogP contribution in [0.2, 0.25) is 0 Å². The van der Waals surface area contributed by atoms with E-state index in [9.17, 15) is 0 Å². The van der Waals surface area contributed by atoms with Gasteiger partial charge in [0.2, 0.25) is 0 Å². The fourth-order valence-corrected chi connectivity index (χ4v) is 1.10. The molecule has 1 atom stereocenters. The molecule has 1 unspecified atom stereocenters. The lowest BCUT2D eigenvalue weighted by atomic mass is 10.1. The highest BCUT2D eigenvalue weighted by atomic mass is 15.2. The van der Waals surface area contributed by atoms with Crippen molar-refractivity contribution in [2.75, 3.05) is 20.1 Å². The third kappa shape index (κ3) is 4.73. The molecule has 12 heavy (non-hydrogen) atoms. The zero-order valence-corrected chi connectivity index (χ0v) is 9.44. The maximum atomic E-state index is 3.41. The molecule has 0 saturated heterocycles. The first-order valence-electron chi connectivity index (χ1n) is 4.82. The van der Waals surface area contributed by atoms with Crippen LogP contribution in [0.3, 0.4) is 0 Å². The second kappa shape index (κ2) is 4.83.